The maximum absolute atomic E-state index is 2.44. The van der Waals surface area contributed by atoms with Crippen LogP contribution in [0.3, 0.4) is 0 Å². The predicted molar refractivity (Wildman–Crippen MR) is 126 cm³/mol. The van der Waals surface area contributed by atoms with Crippen molar-refractivity contribution in [1.29, 1.82) is 0 Å². The topological polar surface area (TPSA) is 0 Å². The van der Waals surface area contributed by atoms with E-state index in [0.29, 0.717) is 0 Å². The van der Waals surface area contributed by atoms with Crippen LogP contribution in [0.4, 0.5) is 0 Å². The van der Waals surface area contributed by atoms with Crippen LogP contribution in [0.15, 0.2) is 128 Å². The Morgan fingerprint density at radius 1 is 0.552 bits per heavy atom. The molecule has 0 nitrogen and oxygen atoms in total. The molecule has 0 radical (unpaired) electrons. The van der Waals surface area contributed by atoms with E-state index in [1.165, 1.54) is 40.7 Å². The fraction of sp³-hybridized carbons (Fsp3) is 0. The number of rotatable bonds is 4. The molecular weight excluding hydrogens is 455 g/mol. The summed E-state index contributed by atoms with van der Waals surface area (Å²) in [5.41, 5.74) is 3.87. The quantitative estimate of drug-likeness (QED) is 0.266. The summed E-state index contributed by atoms with van der Waals surface area (Å²) in [5, 5.41) is 0. The van der Waals surface area contributed by atoms with E-state index in [-0.39, 0.29) is 15.0 Å². The van der Waals surface area contributed by atoms with Crippen LogP contribution in [-0.4, -0.2) is 15.0 Å². The van der Waals surface area contributed by atoms with Gasteiger partial charge in [-0.25, -0.2) is 0 Å². The summed E-state index contributed by atoms with van der Waals surface area (Å²) in [4.78, 5) is 7.97. The van der Waals surface area contributed by atoms with Gasteiger partial charge in [0.05, 0.1) is 0 Å². The summed E-state index contributed by atoms with van der Waals surface area (Å²) >= 11 is 4.05. The number of hydrogen-bond acceptors (Lipinski definition) is 2. The number of benzene rings is 4. The zero-order valence-electron chi connectivity index (χ0n) is 15.6. The van der Waals surface area contributed by atoms with Gasteiger partial charge in [-0.1, -0.05) is 0 Å². The molecule has 0 atom stereocenters. The van der Waals surface area contributed by atoms with Gasteiger partial charge >= 0.3 is 187 Å². The summed E-state index contributed by atoms with van der Waals surface area (Å²) in [5.74, 6) is 0. The van der Waals surface area contributed by atoms with Crippen molar-refractivity contribution in [2.24, 2.45) is 0 Å². The molecule has 1 aliphatic rings. The molecule has 1 aliphatic heterocycles. The van der Waals surface area contributed by atoms with Crippen molar-refractivity contribution in [2.45, 2.75) is 19.6 Å². The molecule has 0 aliphatic carbocycles. The van der Waals surface area contributed by atoms with Crippen molar-refractivity contribution in [2.75, 3.05) is 0 Å². The molecule has 140 valence electrons. The van der Waals surface area contributed by atoms with Crippen LogP contribution in [0, 0.1) is 0 Å². The van der Waals surface area contributed by atoms with E-state index in [0.717, 1.165) is 0 Å². The van der Waals surface area contributed by atoms with E-state index < -0.39 is 0 Å². The molecule has 4 aromatic carbocycles. The molecule has 29 heavy (non-hydrogen) atoms. The number of fused-ring (bicyclic) bond motifs is 2. The molecule has 0 unspecified atom stereocenters. The van der Waals surface area contributed by atoms with Gasteiger partial charge in [0.25, 0.3) is 0 Å². The van der Waals surface area contributed by atoms with Crippen molar-refractivity contribution in [3.8, 4) is 0 Å². The Kier molecular flexibility index (Phi) is 5.64. The Morgan fingerprint density at radius 3 is 1.76 bits per heavy atom. The van der Waals surface area contributed by atoms with Gasteiger partial charge in [-0.05, 0) is 0 Å². The van der Waals surface area contributed by atoms with Crippen molar-refractivity contribution < 1.29 is 0 Å². The summed E-state index contributed by atoms with van der Waals surface area (Å²) in [6.07, 6.45) is 0. The predicted octanol–water partition coefficient (Wildman–Crippen LogP) is 6.72. The molecule has 0 saturated carbocycles. The second-order valence-electron chi connectivity index (χ2n) is 6.62. The van der Waals surface area contributed by atoms with Gasteiger partial charge in [0.2, 0.25) is 0 Å². The average molecular weight is 474 g/mol. The first-order chi connectivity index (χ1) is 14.4. The van der Waals surface area contributed by atoms with E-state index in [2.05, 4.69) is 108 Å². The Morgan fingerprint density at radius 2 is 1.10 bits per heavy atom. The third-order valence-corrected chi connectivity index (χ3v) is 9.59. The number of hydrogen-bond donors (Lipinski definition) is 0. The zero-order valence-corrected chi connectivity index (χ0v) is 19.0. The van der Waals surface area contributed by atoms with Gasteiger partial charge in [0.1, 0.15) is 0 Å². The Balaban J connectivity index is 1.52. The van der Waals surface area contributed by atoms with Crippen LogP contribution in [0.5, 0.6) is 0 Å². The van der Waals surface area contributed by atoms with Gasteiger partial charge in [-0.15, -0.1) is 0 Å². The van der Waals surface area contributed by atoms with E-state index in [9.17, 15) is 0 Å². The second kappa shape index (κ2) is 8.69. The summed E-state index contributed by atoms with van der Waals surface area (Å²) in [6, 6.07) is 36.9. The standard InChI is InChI=1S/C26H18S2Se/c1-3-10-19(11-4-1)21(20-12-5-2-6-13-20)18-29-25-17-9-16-24-26(25)28-23-15-8-7-14-22(23)27-24/h1-18H. The molecule has 0 saturated heterocycles. The molecule has 1 heterocycles. The molecule has 0 fully saturated rings. The normalized spacial score (nSPS) is 12.0. The fourth-order valence-electron chi connectivity index (χ4n) is 3.28. The Hall–Kier alpha value is -2.16. The van der Waals surface area contributed by atoms with E-state index in [1.807, 2.05) is 23.5 Å². The summed E-state index contributed by atoms with van der Waals surface area (Å²) < 4.78 is 1.45. The molecule has 0 N–H and O–H groups in total. The van der Waals surface area contributed by atoms with Gasteiger partial charge in [0, 0.05) is 0 Å². The fourth-order valence-corrected chi connectivity index (χ4v) is 8.08. The SMILES string of the molecule is C([Se]c1cccc2c1Sc1ccccc1S2)=C(c1ccccc1)c1ccccc1. The van der Waals surface area contributed by atoms with Crippen molar-refractivity contribution in [3.63, 3.8) is 0 Å². The van der Waals surface area contributed by atoms with Gasteiger partial charge in [-0.3, -0.25) is 0 Å². The van der Waals surface area contributed by atoms with Gasteiger partial charge in [0.15, 0.2) is 0 Å². The Labute approximate surface area is 186 Å². The van der Waals surface area contributed by atoms with E-state index >= 15 is 0 Å². The summed E-state index contributed by atoms with van der Waals surface area (Å²) in [6.45, 7) is 0. The molecule has 0 spiro atoms. The van der Waals surface area contributed by atoms with Crippen LogP contribution in [0.25, 0.3) is 5.57 Å². The molecule has 0 bridgehead atoms. The van der Waals surface area contributed by atoms with E-state index in [1.54, 1.807) is 0 Å². The maximum atomic E-state index is 2.44. The van der Waals surface area contributed by atoms with Crippen LogP contribution >= 0.6 is 23.5 Å². The van der Waals surface area contributed by atoms with E-state index in [4.69, 9.17) is 0 Å². The molecule has 0 amide bonds. The van der Waals surface area contributed by atoms with Crippen molar-refractivity contribution >= 4 is 48.5 Å². The molecule has 0 aromatic heterocycles. The third kappa shape index (κ3) is 4.10. The zero-order chi connectivity index (χ0) is 19.5. The van der Waals surface area contributed by atoms with Crippen molar-refractivity contribution in [1.82, 2.24) is 0 Å². The molecular formula is C26H18S2Se. The van der Waals surface area contributed by atoms with Crippen LogP contribution < -0.4 is 4.46 Å². The van der Waals surface area contributed by atoms with Crippen LogP contribution in [0.2, 0.25) is 0 Å². The second-order valence-corrected chi connectivity index (χ2v) is 10.7. The van der Waals surface area contributed by atoms with Crippen LogP contribution in [-0.2, 0) is 0 Å². The van der Waals surface area contributed by atoms with Crippen molar-refractivity contribution in [3.05, 3.63) is 119 Å². The first kappa shape index (κ1) is 18.8. The minimum absolute atomic E-state index is 0.242. The van der Waals surface area contributed by atoms with Crippen LogP contribution in [0.1, 0.15) is 11.1 Å². The minimum atomic E-state index is 0.242. The van der Waals surface area contributed by atoms with Gasteiger partial charge in [-0.2, -0.15) is 0 Å². The first-order valence-electron chi connectivity index (χ1n) is 9.44. The molecule has 5 rings (SSSR count). The third-order valence-electron chi connectivity index (χ3n) is 4.70. The monoisotopic (exact) mass is 474 g/mol. The molecule has 3 heteroatoms. The average Bonchev–Trinajstić information content (AvgIpc) is 2.79. The molecule has 4 aromatic rings. The first-order valence-corrected chi connectivity index (χ1v) is 12.9. The Bertz CT molecular complexity index is 1130. The van der Waals surface area contributed by atoms with Gasteiger partial charge < -0.3 is 0 Å². The summed E-state index contributed by atoms with van der Waals surface area (Å²) in [7, 11) is 0.